The average Bonchev–Trinajstić information content (AvgIpc) is 3.96. The molecule has 65 heavy (non-hydrogen) atoms. The van der Waals surface area contributed by atoms with Crippen molar-refractivity contribution in [2.24, 2.45) is 17.8 Å². The molecule has 1 heterocycles. The number of hydrogen-bond donors (Lipinski definition) is 0. The summed E-state index contributed by atoms with van der Waals surface area (Å²) < 4.78 is 23.9. The number of unbranched alkanes of at least 4 members (excludes halogenated alkanes) is 18. The van der Waals surface area contributed by atoms with Gasteiger partial charge in [0.2, 0.25) is 0 Å². The first-order valence-electron chi connectivity index (χ1n) is 28.7. The Labute approximate surface area is 402 Å². The van der Waals surface area contributed by atoms with Crippen LogP contribution in [0, 0.1) is 17.8 Å². The van der Waals surface area contributed by atoms with E-state index in [2.05, 4.69) is 32.6 Å². The van der Waals surface area contributed by atoms with Crippen LogP contribution in [0.25, 0.3) is 0 Å². The van der Waals surface area contributed by atoms with Crippen LogP contribution < -0.4 is 0 Å². The highest BCUT2D eigenvalue weighted by Crippen LogP contribution is 2.35. The Bertz CT molecular complexity index is 1090. The molecule has 0 bridgehead atoms. The Balaban J connectivity index is 1.61. The van der Waals surface area contributed by atoms with E-state index in [9.17, 15) is 14.4 Å². The quantitative estimate of drug-likeness (QED) is 0.0339. The summed E-state index contributed by atoms with van der Waals surface area (Å²) in [6.07, 6.45) is 43.9. The van der Waals surface area contributed by atoms with Gasteiger partial charge in [-0.15, -0.1) is 0 Å². The molecule has 2 rings (SSSR count). The molecule has 0 aromatic carbocycles. The highest BCUT2D eigenvalue weighted by Gasteiger charge is 2.36. The fraction of sp³-hybridized carbons (Fsp3) is 0.947. The molecule has 8 heteroatoms. The van der Waals surface area contributed by atoms with Gasteiger partial charge in [0.25, 0.3) is 0 Å². The molecule has 0 aromatic heterocycles. The average molecular weight is 918 g/mol. The highest BCUT2D eigenvalue weighted by atomic mass is 16.6. The van der Waals surface area contributed by atoms with Gasteiger partial charge in [0, 0.05) is 32.3 Å². The molecule has 0 aromatic rings. The second-order valence-electron chi connectivity index (χ2n) is 20.7. The summed E-state index contributed by atoms with van der Waals surface area (Å²) in [5.41, 5.74) is 0. The molecule has 1 saturated carbocycles. The summed E-state index contributed by atoms with van der Waals surface area (Å²) in [5.74, 6) is 1.77. The predicted octanol–water partition coefficient (Wildman–Crippen LogP) is 15.8. The van der Waals surface area contributed by atoms with Crippen molar-refractivity contribution in [1.29, 1.82) is 0 Å². The number of rotatable bonds is 46. The summed E-state index contributed by atoms with van der Waals surface area (Å²) in [7, 11) is 0. The zero-order valence-electron chi connectivity index (χ0n) is 43.5. The van der Waals surface area contributed by atoms with Gasteiger partial charge in [-0.2, -0.15) is 0 Å². The van der Waals surface area contributed by atoms with E-state index in [1.807, 2.05) is 0 Å². The minimum Gasteiger partial charge on any atom is -0.466 e. The Hall–Kier alpha value is -1.67. The summed E-state index contributed by atoms with van der Waals surface area (Å²) >= 11 is 0. The van der Waals surface area contributed by atoms with Gasteiger partial charge >= 0.3 is 17.9 Å². The number of carbonyl (C=O) groups excluding carboxylic acids is 3. The molecule has 0 N–H and O–H groups in total. The lowest BCUT2D eigenvalue weighted by atomic mass is 9.92. The van der Waals surface area contributed by atoms with E-state index in [1.54, 1.807) is 0 Å². The molecule has 8 nitrogen and oxygen atoms in total. The predicted molar refractivity (Wildman–Crippen MR) is 271 cm³/mol. The standard InChI is InChI=1S/C57H107NO7/c1-5-9-21-32-50(33-22-10-6-2)40-46-63-55(59)37-26-18-15-13-14-17-25-36-52-48-53(65-57(61)39-31-44-58-42-28-29-43-58)49-54(52)62-45-30-20-16-19-27-38-56(60)64-47-41-51(34-23-11-7-3)35-24-12-8-4/h50-54H,5-49H2,1-4H3. The van der Waals surface area contributed by atoms with Crippen molar-refractivity contribution in [3.8, 4) is 0 Å². The molecule has 1 aliphatic heterocycles. The van der Waals surface area contributed by atoms with E-state index >= 15 is 0 Å². The molecule has 1 aliphatic carbocycles. The minimum absolute atomic E-state index is 0.0103. The van der Waals surface area contributed by atoms with Crippen LogP contribution in [0.5, 0.6) is 0 Å². The molecule has 0 amide bonds. The van der Waals surface area contributed by atoms with Gasteiger partial charge in [-0.25, -0.2) is 0 Å². The van der Waals surface area contributed by atoms with Gasteiger partial charge < -0.3 is 23.8 Å². The van der Waals surface area contributed by atoms with Crippen molar-refractivity contribution in [1.82, 2.24) is 4.90 Å². The lowest BCUT2D eigenvalue weighted by molar-refractivity contribution is -0.149. The normalized spacial score (nSPS) is 17.7. The van der Waals surface area contributed by atoms with Crippen LogP contribution in [0.15, 0.2) is 0 Å². The SMILES string of the molecule is CCCCCC(CCCCC)CCOC(=O)CCCCCCCCCC1CC(OC(=O)CCCN2CCCC2)CC1OCCCCCCCC(=O)OCCC(CCCCC)CCCCC. The zero-order chi connectivity index (χ0) is 46.8. The molecule has 3 atom stereocenters. The minimum atomic E-state index is -0.0380. The fourth-order valence-electron chi connectivity index (χ4n) is 10.5. The van der Waals surface area contributed by atoms with E-state index in [-0.39, 0.29) is 30.1 Å². The zero-order valence-corrected chi connectivity index (χ0v) is 43.5. The molecular formula is C57H107NO7. The summed E-state index contributed by atoms with van der Waals surface area (Å²) in [5, 5.41) is 0. The van der Waals surface area contributed by atoms with E-state index in [4.69, 9.17) is 18.9 Å². The van der Waals surface area contributed by atoms with Gasteiger partial charge in [-0.05, 0) is 102 Å². The molecule has 382 valence electrons. The van der Waals surface area contributed by atoms with Crippen molar-refractivity contribution < 1.29 is 33.3 Å². The second kappa shape index (κ2) is 42.4. The third-order valence-corrected chi connectivity index (χ3v) is 14.7. The number of likely N-dealkylation sites (tertiary alicyclic amines) is 1. The van der Waals surface area contributed by atoms with Crippen molar-refractivity contribution in [2.75, 3.05) is 39.5 Å². The first-order chi connectivity index (χ1) is 31.9. The lowest BCUT2D eigenvalue weighted by Crippen LogP contribution is -2.22. The largest absolute Gasteiger partial charge is 0.466 e. The van der Waals surface area contributed by atoms with Gasteiger partial charge in [0.1, 0.15) is 6.10 Å². The molecule has 0 radical (unpaired) electrons. The molecule has 1 saturated heterocycles. The van der Waals surface area contributed by atoms with Crippen molar-refractivity contribution in [3.63, 3.8) is 0 Å². The molecule has 3 unspecified atom stereocenters. The Morgan fingerprint density at radius 2 is 0.908 bits per heavy atom. The van der Waals surface area contributed by atoms with Crippen LogP contribution in [0.2, 0.25) is 0 Å². The molecule has 2 aliphatic rings. The van der Waals surface area contributed by atoms with E-state index in [0.29, 0.717) is 50.2 Å². The molecular weight excluding hydrogens is 811 g/mol. The lowest BCUT2D eigenvalue weighted by Gasteiger charge is -2.19. The highest BCUT2D eigenvalue weighted by molar-refractivity contribution is 5.70. The molecule has 0 spiro atoms. The van der Waals surface area contributed by atoms with Crippen molar-refractivity contribution in [3.05, 3.63) is 0 Å². The van der Waals surface area contributed by atoms with Gasteiger partial charge in [0.05, 0.1) is 19.3 Å². The number of nitrogens with zero attached hydrogens (tertiary/aromatic N) is 1. The summed E-state index contributed by atoms with van der Waals surface area (Å²) in [6.45, 7) is 14.3. The maximum Gasteiger partial charge on any atom is 0.306 e. The number of esters is 3. The second-order valence-corrected chi connectivity index (χ2v) is 20.7. The first kappa shape index (κ1) is 59.5. The van der Waals surface area contributed by atoms with Crippen LogP contribution >= 0.6 is 0 Å². The van der Waals surface area contributed by atoms with Crippen LogP contribution in [0.4, 0.5) is 0 Å². The van der Waals surface area contributed by atoms with Crippen molar-refractivity contribution >= 4 is 17.9 Å². The fourth-order valence-corrected chi connectivity index (χ4v) is 10.5. The van der Waals surface area contributed by atoms with Gasteiger partial charge in [-0.1, -0.05) is 188 Å². The Morgan fingerprint density at radius 3 is 1.40 bits per heavy atom. The van der Waals surface area contributed by atoms with Crippen LogP contribution in [0.1, 0.15) is 278 Å². The van der Waals surface area contributed by atoms with Crippen LogP contribution in [-0.2, 0) is 33.3 Å². The van der Waals surface area contributed by atoms with Gasteiger partial charge in [-0.3, -0.25) is 14.4 Å². The first-order valence-corrected chi connectivity index (χ1v) is 28.7. The maximum absolute atomic E-state index is 12.8. The number of ether oxygens (including phenoxy) is 4. The smallest absolute Gasteiger partial charge is 0.306 e. The van der Waals surface area contributed by atoms with Crippen LogP contribution in [0.3, 0.4) is 0 Å². The van der Waals surface area contributed by atoms with E-state index in [0.717, 1.165) is 96.6 Å². The summed E-state index contributed by atoms with van der Waals surface area (Å²) in [4.78, 5) is 40.2. The summed E-state index contributed by atoms with van der Waals surface area (Å²) in [6, 6.07) is 0. The third kappa shape index (κ3) is 33.5. The van der Waals surface area contributed by atoms with E-state index in [1.165, 1.54) is 161 Å². The Morgan fingerprint density at radius 1 is 0.462 bits per heavy atom. The van der Waals surface area contributed by atoms with E-state index < -0.39 is 0 Å². The van der Waals surface area contributed by atoms with Crippen LogP contribution in [-0.4, -0.2) is 74.5 Å². The third-order valence-electron chi connectivity index (χ3n) is 14.7. The topological polar surface area (TPSA) is 91.4 Å². The number of carbonyl (C=O) groups is 3. The number of hydrogen-bond acceptors (Lipinski definition) is 8. The maximum atomic E-state index is 12.8. The Kier molecular flexibility index (Phi) is 38.8. The monoisotopic (exact) mass is 918 g/mol. The van der Waals surface area contributed by atoms with Crippen molar-refractivity contribution in [2.45, 2.75) is 290 Å². The molecule has 2 fully saturated rings. The van der Waals surface area contributed by atoms with Gasteiger partial charge in [0.15, 0.2) is 0 Å².